The summed E-state index contributed by atoms with van der Waals surface area (Å²) in [5, 5.41) is 0.494. The molecule has 1 rings (SSSR count). The number of halogens is 2. The van der Waals surface area contributed by atoms with Crippen LogP contribution in [0.1, 0.15) is 37.0 Å². The van der Waals surface area contributed by atoms with Crippen molar-refractivity contribution >= 4 is 29.1 Å². The number of carbonyl (C=O) groups excluding carboxylic acids is 1. The molecule has 0 atom stereocenters. The summed E-state index contributed by atoms with van der Waals surface area (Å²) in [6.45, 7) is 4.71. The first-order valence-corrected chi connectivity index (χ1v) is 7.18. The molecule has 0 aliphatic rings. The molecule has 100 valence electrons. The molecule has 0 aromatic heterocycles. The quantitative estimate of drug-likeness (QED) is 0.718. The van der Waals surface area contributed by atoms with Crippen molar-refractivity contribution in [2.45, 2.75) is 32.7 Å². The van der Waals surface area contributed by atoms with E-state index in [4.69, 9.17) is 23.2 Å². The molecular weight excluding hydrogens is 269 g/mol. The first-order valence-electron chi connectivity index (χ1n) is 6.27. The fourth-order valence-corrected chi connectivity index (χ4v) is 2.46. The van der Waals surface area contributed by atoms with E-state index in [1.807, 2.05) is 17.0 Å². The Kier molecular flexibility index (Phi) is 6.51. The Labute approximate surface area is 119 Å². The second-order valence-corrected chi connectivity index (χ2v) is 4.92. The van der Waals surface area contributed by atoms with E-state index in [1.54, 1.807) is 12.1 Å². The fraction of sp³-hybridized carbons (Fsp3) is 0.500. The topological polar surface area (TPSA) is 20.3 Å². The summed E-state index contributed by atoms with van der Waals surface area (Å²) in [5.41, 5.74) is 0.552. The maximum atomic E-state index is 12.5. The summed E-state index contributed by atoms with van der Waals surface area (Å²) in [7, 11) is 0. The van der Waals surface area contributed by atoms with Gasteiger partial charge in [-0.1, -0.05) is 37.6 Å². The number of alkyl halides is 1. The Hall–Kier alpha value is -0.730. The molecular formula is C14H19Cl2NO. The van der Waals surface area contributed by atoms with Crippen LogP contribution in [0.25, 0.3) is 0 Å². The van der Waals surface area contributed by atoms with Gasteiger partial charge in [0, 0.05) is 18.5 Å². The van der Waals surface area contributed by atoms with E-state index in [-0.39, 0.29) is 11.9 Å². The molecule has 4 heteroatoms. The van der Waals surface area contributed by atoms with Gasteiger partial charge in [0.15, 0.2) is 0 Å². The summed E-state index contributed by atoms with van der Waals surface area (Å²) in [5.74, 6) is 0.405. The van der Waals surface area contributed by atoms with E-state index in [0.717, 1.165) is 12.8 Å². The zero-order valence-corrected chi connectivity index (χ0v) is 12.3. The maximum absolute atomic E-state index is 12.5. The van der Waals surface area contributed by atoms with Crippen LogP contribution in [0.3, 0.4) is 0 Å². The number of benzene rings is 1. The lowest BCUT2D eigenvalue weighted by atomic mass is 10.1. The molecule has 0 saturated heterocycles. The van der Waals surface area contributed by atoms with Gasteiger partial charge in [-0.25, -0.2) is 0 Å². The molecule has 0 fully saturated rings. The van der Waals surface area contributed by atoms with E-state index in [0.29, 0.717) is 23.0 Å². The summed E-state index contributed by atoms with van der Waals surface area (Å²) < 4.78 is 0. The third-order valence-corrected chi connectivity index (χ3v) is 3.57. The van der Waals surface area contributed by atoms with Crippen LogP contribution in [-0.2, 0) is 0 Å². The highest BCUT2D eigenvalue weighted by molar-refractivity contribution is 6.33. The summed E-state index contributed by atoms with van der Waals surface area (Å²) in [4.78, 5) is 14.3. The molecule has 1 aromatic carbocycles. The van der Waals surface area contributed by atoms with Crippen molar-refractivity contribution in [2.75, 3.05) is 12.4 Å². The second-order valence-electron chi connectivity index (χ2n) is 4.14. The molecule has 1 amide bonds. The minimum atomic E-state index is -0.0325. The molecule has 0 aliphatic heterocycles. The average Bonchev–Trinajstić information content (AvgIpc) is 2.39. The molecule has 0 bridgehead atoms. The summed E-state index contributed by atoms with van der Waals surface area (Å²) in [6, 6.07) is 7.36. The maximum Gasteiger partial charge on any atom is 0.255 e. The van der Waals surface area contributed by atoms with E-state index in [9.17, 15) is 4.79 Å². The Balaban J connectivity index is 2.99. The molecule has 0 unspecified atom stereocenters. The van der Waals surface area contributed by atoms with E-state index >= 15 is 0 Å². The van der Waals surface area contributed by atoms with Crippen LogP contribution in [0.15, 0.2) is 24.3 Å². The number of rotatable bonds is 6. The van der Waals surface area contributed by atoms with Crippen molar-refractivity contribution < 1.29 is 4.79 Å². The van der Waals surface area contributed by atoms with Crippen molar-refractivity contribution in [1.29, 1.82) is 0 Å². The van der Waals surface area contributed by atoms with Gasteiger partial charge in [0.25, 0.3) is 5.91 Å². The molecule has 2 nitrogen and oxygen atoms in total. The highest BCUT2D eigenvalue weighted by atomic mass is 35.5. The average molecular weight is 288 g/mol. The van der Waals surface area contributed by atoms with Gasteiger partial charge in [0.2, 0.25) is 0 Å². The SMILES string of the molecule is CCC(CC)N(CCCl)C(=O)c1ccccc1Cl. The van der Waals surface area contributed by atoms with Crippen LogP contribution < -0.4 is 0 Å². The largest absolute Gasteiger partial charge is 0.334 e. The summed E-state index contributed by atoms with van der Waals surface area (Å²) >= 11 is 11.9. The van der Waals surface area contributed by atoms with Crippen LogP contribution in [0.5, 0.6) is 0 Å². The van der Waals surface area contributed by atoms with Crippen molar-refractivity contribution in [2.24, 2.45) is 0 Å². The third kappa shape index (κ3) is 3.63. The normalized spacial score (nSPS) is 10.7. The molecule has 0 aliphatic carbocycles. The highest BCUT2D eigenvalue weighted by Crippen LogP contribution is 2.20. The smallest absolute Gasteiger partial charge is 0.255 e. The second kappa shape index (κ2) is 7.65. The van der Waals surface area contributed by atoms with Gasteiger partial charge in [0.1, 0.15) is 0 Å². The van der Waals surface area contributed by atoms with Crippen LogP contribution >= 0.6 is 23.2 Å². The lowest BCUT2D eigenvalue weighted by Gasteiger charge is -2.30. The minimum absolute atomic E-state index is 0.0325. The fourth-order valence-electron chi connectivity index (χ4n) is 2.06. The first kappa shape index (κ1) is 15.3. The molecule has 0 heterocycles. The highest BCUT2D eigenvalue weighted by Gasteiger charge is 2.23. The minimum Gasteiger partial charge on any atom is -0.334 e. The molecule has 1 aromatic rings. The van der Waals surface area contributed by atoms with E-state index in [1.165, 1.54) is 0 Å². The van der Waals surface area contributed by atoms with Gasteiger partial charge < -0.3 is 4.90 Å². The standard InChI is InChI=1S/C14H19Cl2NO/c1-3-11(4-2)17(10-9-15)14(18)12-7-5-6-8-13(12)16/h5-8,11H,3-4,9-10H2,1-2H3. The predicted molar refractivity (Wildman–Crippen MR) is 77.6 cm³/mol. The monoisotopic (exact) mass is 287 g/mol. The Morgan fingerprint density at radius 1 is 1.28 bits per heavy atom. The Bertz CT molecular complexity index is 391. The van der Waals surface area contributed by atoms with Gasteiger partial charge in [-0.05, 0) is 25.0 Å². The van der Waals surface area contributed by atoms with Crippen LogP contribution in [0.2, 0.25) is 5.02 Å². The number of hydrogen-bond acceptors (Lipinski definition) is 1. The lowest BCUT2D eigenvalue weighted by Crippen LogP contribution is -2.41. The Morgan fingerprint density at radius 3 is 2.39 bits per heavy atom. The number of nitrogens with zero attached hydrogens (tertiary/aromatic N) is 1. The van der Waals surface area contributed by atoms with Crippen LogP contribution in [-0.4, -0.2) is 29.3 Å². The van der Waals surface area contributed by atoms with Crippen molar-refractivity contribution in [3.05, 3.63) is 34.9 Å². The number of hydrogen-bond donors (Lipinski definition) is 0. The van der Waals surface area contributed by atoms with Crippen molar-refractivity contribution in [1.82, 2.24) is 4.90 Å². The van der Waals surface area contributed by atoms with Gasteiger partial charge >= 0.3 is 0 Å². The zero-order chi connectivity index (χ0) is 13.5. The predicted octanol–water partition coefficient (Wildman–Crippen LogP) is 4.21. The zero-order valence-electron chi connectivity index (χ0n) is 10.8. The Morgan fingerprint density at radius 2 is 1.89 bits per heavy atom. The van der Waals surface area contributed by atoms with Crippen LogP contribution in [0.4, 0.5) is 0 Å². The van der Waals surface area contributed by atoms with Gasteiger partial charge in [-0.2, -0.15) is 0 Å². The van der Waals surface area contributed by atoms with Gasteiger partial charge in [0.05, 0.1) is 10.6 Å². The number of carbonyl (C=O) groups is 1. The molecule has 0 saturated carbocycles. The molecule has 0 radical (unpaired) electrons. The van der Waals surface area contributed by atoms with E-state index in [2.05, 4.69) is 13.8 Å². The van der Waals surface area contributed by atoms with E-state index < -0.39 is 0 Å². The lowest BCUT2D eigenvalue weighted by molar-refractivity contribution is 0.0682. The van der Waals surface area contributed by atoms with Gasteiger partial charge in [-0.15, -0.1) is 11.6 Å². The van der Waals surface area contributed by atoms with Crippen molar-refractivity contribution in [3.63, 3.8) is 0 Å². The first-order chi connectivity index (χ1) is 8.65. The summed E-state index contributed by atoms with van der Waals surface area (Å²) in [6.07, 6.45) is 1.84. The van der Waals surface area contributed by atoms with Gasteiger partial charge in [-0.3, -0.25) is 4.79 Å². The molecule has 0 N–H and O–H groups in total. The number of amides is 1. The third-order valence-electron chi connectivity index (χ3n) is 3.07. The van der Waals surface area contributed by atoms with Crippen LogP contribution in [0, 0.1) is 0 Å². The molecule has 18 heavy (non-hydrogen) atoms. The van der Waals surface area contributed by atoms with Crippen molar-refractivity contribution in [3.8, 4) is 0 Å². The molecule has 0 spiro atoms.